The molecule has 2 atom stereocenters. The highest BCUT2D eigenvalue weighted by molar-refractivity contribution is 5.90. The van der Waals surface area contributed by atoms with Crippen molar-refractivity contribution in [1.29, 1.82) is 0 Å². The lowest BCUT2D eigenvalue weighted by molar-refractivity contribution is 0.247. The summed E-state index contributed by atoms with van der Waals surface area (Å²) in [5.74, 6) is 2.89. The quantitative estimate of drug-likeness (QED) is 0.192. The van der Waals surface area contributed by atoms with Crippen molar-refractivity contribution in [1.82, 2.24) is 15.0 Å². The Labute approximate surface area is 291 Å². The van der Waals surface area contributed by atoms with Crippen LogP contribution in [0.15, 0.2) is 169 Å². The Kier molecular flexibility index (Phi) is 6.63. The van der Waals surface area contributed by atoms with E-state index in [0.717, 1.165) is 70.1 Å². The minimum Gasteiger partial charge on any atom is -0.461 e. The van der Waals surface area contributed by atoms with E-state index < -0.39 is 0 Å². The van der Waals surface area contributed by atoms with E-state index in [0.29, 0.717) is 5.82 Å². The van der Waals surface area contributed by atoms with Crippen LogP contribution in [-0.4, -0.2) is 15.0 Å². The van der Waals surface area contributed by atoms with Gasteiger partial charge in [-0.1, -0.05) is 115 Å². The second-order valence-corrected chi connectivity index (χ2v) is 13.4. The maximum atomic E-state index is 6.87. The van der Waals surface area contributed by atoms with Crippen LogP contribution in [-0.2, 0) is 5.41 Å². The molecule has 6 aromatic rings. The number of fused-ring (bicyclic) bond motifs is 8. The maximum absolute atomic E-state index is 6.87. The summed E-state index contributed by atoms with van der Waals surface area (Å²) >= 11 is 0. The summed E-state index contributed by atoms with van der Waals surface area (Å²) in [5, 5.41) is 0. The van der Waals surface area contributed by atoms with Gasteiger partial charge in [-0.15, -0.1) is 0 Å². The van der Waals surface area contributed by atoms with Crippen molar-refractivity contribution >= 4 is 5.57 Å². The van der Waals surface area contributed by atoms with Crippen molar-refractivity contribution in [3.63, 3.8) is 0 Å². The normalized spacial score (nSPS) is 19.7. The molecular formula is C46H33N3O. The molecule has 0 amide bonds. The maximum Gasteiger partial charge on any atom is 0.160 e. The summed E-state index contributed by atoms with van der Waals surface area (Å²) in [5.41, 5.74) is 13.4. The van der Waals surface area contributed by atoms with Gasteiger partial charge in [-0.25, -0.2) is 9.97 Å². The van der Waals surface area contributed by atoms with Crippen molar-refractivity contribution in [2.75, 3.05) is 0 Å². The van der Waals surface area contributed by atoms with E-state index in [1.807, 2.05) is 54.6 Å². The molecule has 50 heavy (non-hydrogen) atoms. The first-order valence-corrected chi connectivity index (χ1v) is 17.4. The van der Waals surface area contributed by atoms with Crippen LogP contribution in [0.5, 0.6) is 5.75 Å². The van der Waals surface area contributed by atoms with Gasteiger partial charge in [-0.3, -0.25) is 4.98 Å². The highest BCUT2D eigenvalue weighted by atomic mass is 16.5. The number of benzene rings is 4. The monoisotopic (exact) mass is 643 g/mol. The van der Waals surface area contributed by atoms with Gasteiger partial charge in [0.2, 0.25) is 0 Å². The predicted molar refractivity (Wildman–Crippen MR) is 200 cm³/mol. The van der Waals surface area contributed by atoms with Gasteiger partial charge in [-0.2, -0.15) is 0 Å². The van der Waals surface area contributed by atoms with Gasteiger partial charge in [0, 0.05) is 28.8 Å². The first-order valence-electron chi connectivity index (χ1n) is 17.4. The Balaban J connectivity index is 1.11. The van der Waals surface area contributed by atoms with Gasteiger partial charge in [0.25, 0.3) is 0 Å². The molecule has 2 aromatic heterocycles. The Morgan fingerprint density at radius 3 is 2.38 bits per heavy atom. The molecule has 4 aliphatic rings. The molecule has 3 heterocycles. The third kappa shape index (κ3) is 4.41. The van der Waals surface area contributed by atoms with Crippen LogP contribution in [0.2, 0.25) is 0 Å². The molecule has 1 aliphatic heterocycles. The van der Waals surface area contributed by atoms with E-state index in [-0.39, 0.29) is 11.3 Å². The van der Waals surface area contributed by atoms with Crippen LogP contribution in [0.3, 0.4) is 0 Å². The standard InChI is InChI=1S/C46H33N3O/c1-2-13-30(14-3-1)45-48-41(29-42(49-45)40-22-10-11-26-47-40)33-16-12-15-31(27-33)32-24-25-39-44(28-32)50-43-23-9-8-21-38(43)46(39)36-19-6-4-17-34(36)35-18-5-7-20-37(35)46/h1-6,8-19,22-29,38H,7,20-21H2. The second-order valence-electron chi connectivity index (χ2n) is 13.4. The number of rotatable bonds is 4. The average molecular weight is 644 g/mol. The Morgan fingerprint density at radius 1 is 0.640 bits per heavy atom. The largest absolute Gasteiger partial charge is 0.461 e. The zero-order valence-electron chi connectivity index (χ0n) is 27.5. The Bertz CT molecular complexity index is 2380. The van der Waals surface area contributed by atoms with Gasteiger partial charge < -0.3 is 4.74 Å². The van der Waals surface area contributed by atoms with E-state index in [2.05, 4.69) is 102 Å². The highest BCUT2D eigenvalue weighted by Crippen LogP contribution is 2.63. The highest BCUT2D eigenvalue weighted by Gasteiger charge is 2.56. The number of hydrogen-bond acceptors (Lipinski definition) is 4. The van der Waals surface area contributed by atoms with Crippen molar-refractivity contribution in [3.05, 3.63) is 186 Å². The van der Waals surface area contributed by atoms with Gasteiger partial charge in [0.15, 0.2) is 5.82 Å². The number of aromatic nitrogens is 3. The molecule has 4 heteroatoms. The summed E-state index contributed by atoms with van der Waals surface area (Å²) in [7, 11) is 0. The van der Waals surface area contributed by atoms with Crippen molar-refractivity contribution < 1.29 is 4.74 Å². The molecule has 0 saturated heterocycles. The SMILES string of the molecule is C1=CCC2C(=C1)Oc1cc(-c3cccc(-c4cc(-c5ccccn5)nc(-c5ccccc5)n4)c3)ccc1C21C2=C(C=CCC2)c2ccccc21. The summed E-state index contributed by atoms with van der Waals surface area (Å²) < 4.78 is 6.87. The lowest BCUT2D eigenvalue weighted by atomic mass is 9.58. The smallest absolute Gasteiger partial charge is 0.160 e. The van der Waals surface area contributed by atoms with E-state index in [4.69, 9.17) is 14.7 Å². The minimum atomic E-state index is -0.252. The molecule has 238 valence electrons. The van der Waals surface area contributed by atoms with E-state index in [1.54, 1.807) is 6.20 Å². The van der Waals surface area contributed by atoms with Gasteiger partial charge in [0.05, 0.1) is 22.5 Å². The lowest BCUT2D eigenvalue weighted by Crippen LogP contribution is -2.43. The molecule has 0 bridgehead atoms. The number of pyridine rings is 1. The molecule has 4 aromatic carbocycles. The number of ether oxygens (including phenoxy) is 1. The molecule has 0 radical (unpaired) electrons. The first kappa shape index (κ1) is 28.8. The molecule has 3 aliphatic carbocycles. The number of hydrogen-bond donors (Lipinski definition) is 0. The molecule has 4 nitrogen and oxygen atoms in total. The van der Waals surface area contributed by atoms with Gasteiger partial charge >= 0.3 is 0 Å². The topological polar surface area (TPSA) is 47.9 Å². The number of allylic oxidation sites excluding steroid dienone is 8. The average Bonchev–Trinajstić information content (AvgIpc) is 3.49. The van der Waals surface area contributed by atoms with Crippen LogP contribution in [0.25, 0.3) is 50.7 Å². The lowest BCUT2D eigenvalue weighted by Gasteiger charge is -2.47. The summed E-state index contributed by atoms with van der Waals surface area (Å²) in [6.07, 6.45) is 16.2. The van der Waals surface area contributed by atoms with Crippen LogP contribution in [0.4, 0.5) is 0 Å². The third-order valence-electron chi connectivity index (χ3n) is 10.7. The molecule has 1 spiro atoms. The fourth-order valence-electron chi connectivity index (χ4n) is 8.60. The molecule has 0 fully saturated rings. The minimum absolute atomic E-state index is 0.221. The summed E-state index contributed by atoms with van der Waals surface area (Å²) in [6, 6.07) is 42.6. The number of nitrogens with zero attached hydrogens (tertiary/aromatic N) is 3. The van der Waals surface area contributed by atoms with E-state index in [1.165, 1.54) is 27.8 Å². The molecular weight excluding hydrogens is 611 g/mol. The molecule has 0 saturated carbocycles. The third-order valence-corrected chi connectivity index (χ3v) is 10.7. The van der Waals surface area contributed by atoms with Gasteiger partial charge in [0.1, 0.15) is 11.5 Å². The zero-order chi connectivity index (χ0) is 33.1. The molecule has 0 N–H and O–H groups in total. The van der Waals surface area contributed by atoms with Crippen molar-refractivity contribution in [2.24, 2.45) is 5.92 Å². The van der Waals surface area contributed by atoms with Gasteiger partial charge in [-0.05, 0) is 89.1 Å². The summed E-state index contributed by atoms with van der Waals surface area (Å²) in [6.45, 7) is 0. The Hall–Kier alpha value is -6.13. The first-order chi connectivity index (χ1) is 24.8. The second kappa shape index (κ2) is 11.5. The Morgan fingerprint density at radius 2 is 1.46 bits per heavy atom. The predicted octanol–water partition coefficient (Wildman–Crippen LogP) is 10.8. The van der Waals surface area contributed by atoms with Crippen LogP contribution < -0.4 is 4.74 Å². The van der Waals surface area contributed by atoms with Crippen molar-refractivity contribution in [3.8, 4) is 50.9 Å². The van der Waals surface area contributed by atoms with E-state index in [9.17, 15) is 0 Å². The van der Waals surface area contributed by atoms with Crippen LogP contribution >= 0.6 is 0 Å². The fraction of sp³-hybridized carbons (Fsp3) is 0.109. The molecule has 2 unspecified atom stereocenters. The summed E-state index contributed by atoms with van der Waals surface area (Å²) in [4.78, 5) is 14.6. The fourth-order valence-corrected chi connectivity index (χ4v) is 8.60. The molecule has 10 rings (SSSR count). The van der Waals surface area contributed by atoms with Crippen LogP contribution in [0, 0.1) is 5.92 Å². The van der Waals surface area contributed by atoms with Crippen LogP contribution in [0.1, 0.15) is 36.0 Å². The van der Waals surface area contributed by atoms with E-state index >= 15 is 0 Å². The zero-order valence-corrected chi connectivity index (χ0v) is 27.5. The van der Waals surface area contributed by atoms with Crippen molar-refractivity contribution in [2.45, 2.75) is 24.7 Å².